The molecule has 0 aliphatic heterocycles. The fourth-order valence-electron chi connectivity index (χ4n) is 2.28. The third-order valence-corrected chi connectivity index (χ3v) is 2.99. The van der Waals surface area contributed by atoms with Gasteiger partial charge in [-0.1, -0.05) is 26.0 Å². The number of para-hydroxylation sites is 1. The lowest BCUT2D eigenvalue weighted by Gasteiger charge is -2.26. The van der Waals surface area contributed by atoms with Crippen LogP contribution in [-0.2, 0) is 0 Å². The molecule has 102 valence electrons. The molecule has 0 aliphatic carbocycles. The van der Waals surface area contributed by atoms with Crippen LogP contribution in [0.25, 0.3) is 0 Å². The summed E-state index contributed by atoms with van der Waals surface area (Å²) in [6, 6.07) is 6.49. The number of benzene rings is 1. The summed E-state index contributed by atoms with van der Waals surface area (Å²) in [5.74, 6) is 0.674. The summed E-state index contributed by atoms with van der Waals surface area (Å²) in [6.07, 6.45) is 1.14. The fourth-order valence-corrected chi connectivity index (χ4v) is 2.28. The fraction of sp³-hybridized carbons (Fsp3) is 0.600. The molecule has 3 nitrogen and oxygen atoms in total. The number of rotatable bonds is 6. The van der Waals surface area contributed by atoms with Crippen molar-refractivity contribution < 1.29 is 0 Å². The Morgan fingerprint density at radius 1 is 1.28 bits per heavy atom. The first-order chi connectivity index (χ1) is 8.40. The quantitative estimate of drug-likeness (QED) is 0.762. The SMILES string of the molecule is Cc1cccc(N)c1NC(CC(C)C)CN(C)C. The molecule has 0 heterocycles. The van der Waals surface area contributed by atoms with Gasteiger partial charge < -0.3 is 16.0 Å². The lowest BCUT2D eigenvalue weighted by atomic mass is 10.0. The molecule has 0 amide bonds. The molecule has 1 aromatic rings. The van der Waals surface area contributed by atoms with Gasteiger partial charge in [0.1, 0.15) is 0 Å². The van der Waals surface area contributed by atoms with E-state index in [4.69, 9.17) is 5.73 Å². The van der Waals surface area contributed by atoms with Crippen LogP contribution >= 0.6 is 0 Å². The highest BCUT2D eigenvalue weighted by Crippen LogP contribution is 2.24. The van der Waals surface area contributed by atoms with Crippen LogP contribution in [0, 0.1) is 12.8 Å². The largest absolute Gasteiger partial charge is 0.397 e. The number of nitrogen functional groups attached to an aromatic ring is 1. The van der Waals surface area contributed by atoms with Crippen molar-refractivity contribution in [1.29, 1.82) is 0 Å². The standard InChI is InChI=1S/C15H27N3/c1-11(2)9-13(10-18(4)5)17-15-12(3)7-6-8-14(15)16/h6-8,11,13,17H,9-10,16H2,1-5H3. The molecule has 0 aromatic heterocycles. The Bertz CT molecular complexity index is 342. The number of nitrogens with zero attached hydrogens (tertiary/aromatic N) is 1. The first-order valence-corrected chi connectivity index (χ1v) is 6.66. The van der Waals surface area contributed by atoms with E-state index in [-0.39, 0.29) is 0 Å². The van der Waals surface area contributed by atoms with E-state index in [2.05, 4.69) is 51.1 Å². The number of likely N-dealkylation sites (N-methyl/N-ethyl adjacent to an activating group) is 1. The number of hydrogen-bond acceptors (Lipinski definition) is 3. The summed E-state index contributed by atoms with van der Waals surface area (Å²) >= 11 is 0. The van der Waals surface area contributed by atoms with Crippen LogP contribution in [0.15, 0.2) is 18.2 Å². The second-order valence-electron chi connectivity index (χ2n) is 5.77. The van der Waals surface area contributed by atoms with Crippen LogP contribution in [0.2, 0.25) is 0 Å². The summed E-state index contributed by atoms with van der Waals surface area (Å²) in [7, 11) is 4.21. The molecule has 0 saturated heterocycles. The van der Waals surface area contributed by atoms with Crippen molar-refractivity contribution in [2.75, 3.05) is 31.7 Å². The van der Waals surface area contributed by atoms with Gasteiger partial charge in [-0.3, -0.25) is 0 Å². The predicted octanol–water partition coefficient (Wildman–Crippen LogP) is 2.97. The van der Waals surface area contributed by atoms with Gasteiger partial charge in [-0.05, 0) is 45.0 Å². The van der Waals surface area contributed by atoms with Crippen molar-refractivity contribution >= 4 is 11.4 Å². The number of aryl methyl sites for hydroxylation is 1. The monoisotopic (exact) mass is 249 g/mol. The molecule has 0 saturated carbocycles. The van der Waals surface area contributed by atoms with E-state index in [0.717, 1.165) is 24.3 Å². The molecule has 0 radical (unpaired) electrons. The first-order valence-electron chi connectivity index (χ1n) is 6.66. The molecule has 18 heavy (non-hydrogen) atoms. The maximum atomic E-state index is 6.06. The molecule has 1 unspecified atom stereocenters. The van der Waals surface area contributed by atoms with Crippen molar-refractivity contribution in [2.24, 2.45) is 5.92 Å². The molecule has 0 bridgehead atoms. The van der Waals surface area contributed by atoms with Gasteiger partial charge in [0.25, 0.3) is 0 Å². The van der Waals surface area contributed by atoms with Gasteiger partial charge in [0, 0.05) is 12.6 Å². The summed E-state index contributed by atoms with van der Waals surface area (Å²) in [6.45, 7) is 7.63. The van der Waals surface area contributed by atoms with Crippen molar-refractivity contribution in [3.05, 3.63) is 23.8 Å². The average Bonchev–Trinajstić information content (AvgIpc) is 2.21. The van der Waals surface area contributed by atoms with Gasteiger partial charge >= 0.3 is 0 Å². The van der Waals surface area contributed by atoms with E-state index in [9.17, 15) is 0 Å². The van der Waals surface area contributed by atoms with Crippen LogP contribution in [0.4, 0.5) is 11.4 Å². The zero-order valence-corrected chi connectivity index (χ0v) is 12.3. The first kappa shape index (κ1) is 14.8. The van der Waals surface area contributed by atoms with Gasteiger partial charge in [0.2, 0.25) is 0 Å². The lowest BCUT2D eigenvalue weighted by molar-refractivity contribution is 0.356. The van der Waals surface area contributed by atoms with Gasteiger partial charge in [-0.2, -0.15) is 0 Å². The van der Waals surface area contributed by atoms with E-state index in [0.29, 0.717) is 12.0 Å². The Morgan fingerprint density at radius 2 is 1.94 bits per heavy atom. The lowest BCUT2D eigenvalue weighted by Crippen LogP contribution is -2.34. The highest BCUT2D eigenvalue weighted by atomic mass is 15.1. The predicted molar refractivity (Wildman–Crippen MR) is 81.0 cm³/mol. The summed E-state index contributed by atoms with van der Waals surface area (Å²) in [5, 5.41) is 3.61. The number of anilines is 2. The van der Waals surface area contributed by atoms with E-state index >= 15 is 0 Å². The van der Waals surface area contributed by atoms with Crippen molar-refractivity contribution in [3.63, 3.8) is 0 Å². The number of nitrogens with one attached hydrogen (secondary N) is 1. The second-order valence-corrected chi connectivity index (χ2v) is 5.77. The highest BCUT2D eigenvalue weighted by Gasteiger charge is 2.14. The van der Waals surface area contributed by atoms with Crippen molar-refractivity contribution in [3.8, 4) is 0 Å². The van der Waals surface area contributed by atoms with Crippen LogP contribution in [0.3, 0.4) is 0 Å². The van der Waals surface area contributed by atoms with Crippen molar-refractivity contribution in [1.82, 2.24) is 4.90 Å². The van der Waals surface area contributed by atoms with E-state index in [1.807, 2.05) is 12.1 Å². The summed E-state index contributed by atoms with van der Waals surface area (Å²) < 4.78 is 0. The number of nitrogens with two attached hydrogens (primary N) is 1. The molecule has 1 aromatic carbocycles. The smallest absolute Gasteiger partial charge is 0.0606 e. The molecule has 0 spiro atoms. The minimum Gasteiger partial charge on any atom is -0.397 e. The molecule has 1 atom stereocenters. The van der Waals surface area contributed by atoms with Crippen LogP contribution in [0.1, 0.15) is 25.8 Å². The molecule has 0 aliphatic rings. The maximum Gasteiger partial charge on any atom is 0.0606 e. The topological polar surface area (TPSA) is 41.3 Å². The van der Waals surface area contributed by atoms with E-state index in [1.54, 1.807) is 0 Å². The normalized spacial score (nSPS) is 13.1. The zero-order chi connectivity index (χ0) is 13.7. The van der Waals surface area contributed by atoms with Gasteiger partial charge in [0.05, 0.1) is 11.4 Å². The van der Waals surface area contributed by atoms with Gasteiger partial charge in [-0.15, -0.1) is 0 Å². The van der Waals surface area contributed by atoms with Gasteiger partial charge in [0.15, 0.2) is 0 Å². The van der Waals surface area contributed by atoms with Crippen molar-refractivity contribution in [2.45, 2.75) is 33.2 Å². The molecule has 3 heteroatoms. The molecule has 3 N–H and O–H groups in total. The summed E-state index contributed by atoms with van der Waals surface area (Å²) in [4.78, 5) is 2.22. The Labute approximate surface area is 111 Å². The zero-order valence-electron chi connectivity index (χ0n) is 12.3. The van der Waals surface area contributed by atoms with Crippen LogP contribution in [0.5, 0.6) is 0 Å². The summed E-state index contributed by atoms with van der Waals surface area (Å²) in [5.41, 5.74) is 9.19. The third-order valence-electron chi connectivity index (χ3n) is 2.99. The molecule has 0 fully saturated rings. The molecular weight excluding hydrogens is 222 g/mol. The van der Waals surface area contributed by atoms with Crippen LogP contribution < -0.4 is 11.1 Å². The Hall–Kier alpha value is -1.22. The third kappa shape index (κ3) is 4.57. The minimum absolute atomic E-state index is 0.434. The second kappa shape index (κ2) is 6.64. The molecule has 1 rings (SSSR count). The van der Waals surface area contributed by atoms with E-state index < -0.39 is 0 Å². The maximum absolute atomic E-state index is 6.06. The minimum atomic E-state index is 0.434. The Morgan fingerprint density at radius 3 is 2.44 bits per heavy atom. The number of hydrogen-bond donors (Lipinski definition) is 2. The van der Waals surface area contributed by atoms with Crippen LogP contribution in [-0.4, -0.2) is 31.6 Å². The van der Waals surface area contributed by atoms with E-state index in [1.165, 1.54) is 5.56 Å². The average molecular weight is 249 g/mol. The Kier molecular flexibility index (Phi) is 5.48. The van der Waals surface area contributed by atoms with Gasteiger partial charge in [-0.25, -0.2) is 0 Å². The Balaban J connectivity index is 2.81. The highest BCUT2D eigenvalue weighted by molar-refractivity contribution is 5.70. The molecular formula is C15H27N3.